The molecule has 0 aliphatic carbocycles. The number of rotatable bonds is 2. The first-order valence-corrected chi connectivity index (χ1v) is 6.70. The van der Waals surface area contributed by atoms with Crippen molar-refractivity contribution in [3.05, 3.63) is 24.4 Å². The summed E-state index contributed by atoms with van der Waals surface area (Å²) in [7, 11) is -3.88. The van der Waals surface area contributed by atoms with Crippen molar-refractivity contribution in [1.29, 1.82) is 0 Å². The van der Waals surface area contributed by atoms with Gasteiger partial charge in [0.2, 0.25) is 0 Å². The smallest absolute Gasteiger partial charge is 0.267 e. The van der Waals surface area contributed by atoms with Crippen molar-refractivity contribution in [3.8, 4) is 0 Å². The first kappa shape index (κ1) is 13.9. The van der Waals surface area contributed by atoms with E-state index in [1.807, 2.05) is 23.1 Å². The molecule has 0 bridgehead atoms. The van der Waals surface area contributed by atoms with Gasteiger partial charge in [-0.15, -0.1) is 0 Å². The minimum absolute atomic E-state index is 0. The van der Waals surface area contributed by atoms with Gasteiger partial charge in [0, 0.05) is 19.3 Å². The standard InChI is InChI=1S/C10H14N2O3S.CH4/c13-16(14,15)9-4-7-12(8-5-9)10-3-1-2-6-11-10;/h1-3,6,9H,4-5,7-8H2,(H,13,14,15);1H4. The van der Waals surface area contributed by atoms with Gasteiger partial charge in [-0.2, -0.15) is 8.42 Å². The zero-order chi connectivity index (χ0) is 11.6. The van der Waals surface area contributed by atoms with E-state index < -0.39 is 15.4 Å². The van der Waals surface area contributed by atoms with E-state index >= 15 is 0 Å². The highest BCUT2D eigenvalue weighted by Gasteiger charge is 2.28. The van der Waals surface area contributed by atoms with Crippen LogP contribution in [0.15, 0.2) is 24.4 Å². The lowest BCUT2D eigenvalue weighted by molar-refractivity contribution is 0.444. The highest BCUT2D eigenvalue weighted by molar-refractivity contribution is 7.86. The predicted octanol–water partition coefficient (Wildman–Crippen LogP) is 1.57. The van der Waals surface area contributed by atoms with Gasteiger partial charge in [0.25, 0.3) is 10.1 Å². The molecule has 96 valence electrons. The Balaban J connectivity index is 0.00000144. The predicted molar refractivity (Wildman–Crippen MR) is 67.8 cm³/mol. The minimum atomic E-state index is -3.88. The second kappa shape index (κ2) is 5.46. The lowest BCUT2D eigenvalue weighted by Gasteiger charge is -2.31. The Morgan fingerprint density at radius 2 is 1.94 bits per heavy atom. The highest BCUT2D eigenvalue weighted by atomic mass is 32.2. The monoisotopic (exact) mass is 258 g/mol. The Hall–Kier alpha value is -1.14. The van der Waals surface area contributed by atoms with Crippen LogP contribution < -0.4 is 4.90 Å². The molecule has 1 aromatic rings. The molecule has 0 spiro atoms. The molecule has 0 radical (unpaired) electrons. The number of piperidine rings is 1. The molecule has 0 saturated carbocycles. The fourth-order valence-corrected chi connectivity index (χ4v) is 2.73. The molecule has 0 aromatic carbocycles. The maximum Gasteiger partial charge on any atom is 0.267 e. The van der Waals surface area contributed by atoms with E-state index in [0.717, 1.165) is 5.82 Å². The van der Waals surface area contributed by atoms with Crippen molar-refractivity contribution in [2.24, 2.45) is 0 Å². The fraction of sp³-hybridized carbons (Fsp3) is 0.545. The summed E-state index contributed by atoms with van der Waals surface area (Å²) in [5, 5.41) is -0.618. The zero-order valence-electron chi connectivity index (χ0n) is 8.78. The maximum absolute atomic E-state index is 11.0. The van der Waals surface area contributed by atoms with Crippen LogP contribution in [0.4, 0.5) is 5.82 Å². The third-order valence-corrected chi connectivity index (χ3v) is 4.15. The van der Waals surface area contributed by atoms with Crippen LogP contribution >= 0.6 is 0 Å². The largest absolute Gasteiger partial charge is 0.357 e. The summed E-state index contributed by atoms with van der Waals surface area (Å²) in [4.78, 5) is 6.23. The summed E-state index contributed by atoms with van der Waals surface area (Å²) < 4.78 is 30.8. The van der Waals surface area contributed by atoms with Crippen LogP contribution in [0.1, 0.15) is 20.3 Å². The van der Waals surface area contributed by atoms with Crippen LogP contribution in [-0.2, 0) is 10.1 Å². The molecule has 5 nitrogen and oxygen atoms in total. The van der Waals surface area contributed by atoms with Crippen molar-refractivity contribution < 1.29 is 13.0 Å². The Morgan fingerprint density at radius 3 is 2.41 bits per heavy atom. The van der Waals surface area contributed by atoms with Crippen LogP contribution in [0, 0.1) is 0 Å². The van der Waals surface area contributed by atoms with Crippen LogP contribution in [0.3, 0.4) is 0 Å². The van der Waals surface area contributed by atoms with Crippen LogP contribution in [-0.4, -0.2) is 36.3 Å². The fourth-order valence-electron chi connectivity index (χ4n) is 1.92. The normalized spacial score (nSPS) is 17.6. The van der Waals surface area contributed by atoms with Gasteiger partial charge in [0.1, 0.15) is 5.82 Å². The van der Waals surface area contributed by atoms with Gasteiger partial charge in [-0.25, -0.2) is 4.98 Å². The number of nitrogens with zero attached hydrogens (tertiary/aromatic N) is 2. The third-order valence-electron chi connectivity index (χ3n) is 2.84. The molecule has 1 saturated heterocycles. The van der Waals surface area contributed by atoms with Gasteiger partial charge in [-0.3, -0.25) is 4.55 Å². The molecule has 6 heteroatoms. The van der Waals surface area contributed by atoms with E-state index in [1.54, 1.807) is 6.20 Å². The van der Waals surface area contributed by atoms with Gasteiger partial charge < -0.3 is 4.90 Å². The van der Waals surface area contributed by atoms with Gasteiger partial charge in [-0.1, -0.05) is 13.5 Å². The molecule has 1 N–H and O–H groups in total. The maximum atomic E-state index is 11.0. The van der Waals surface area contributed by atoms with Crippen molar-refractivity contribution in [2.45, 2.75) is 25.5 Å². The average molecular weight is 258 g/mol. The quantitative estimate of drug-likeness (QED) is 0.815. The van der Waals surface area contributed by atoms with E-state index in [4.69, 9.17) is 4.55 Å². The molecule has 0 unspecified atom stereocenters. The van der Waals surface area contributed by atoms with Gasteiger partial charge in [0.15, 0.2) is 0 Å². The first-order valence-electron chi connectivity index (χ1n) is 5.19. The Labute approximate surface area is 102 Å². The summed E-state index contributed by atoms with van der Waals surface area (Å²) in [6.45, 7) is 1.23. The SMILES string of the molecule is C.O=S(=O)(O)C1CCN(c2ccccn2)CC1. The summed E-state index contributed by atoms with van der Waals surface area (Å²) in [5.74, 6) is 0.858. The van der Waals surface area contributed by atoms with Crippen molar-refractivity contribution in [1.82, 2.24) is 4.98 Å². The van der Waals surface area contributed by atoms with E-state index in [-0.39, 0.29) is 7.43 Å². The second-order valence-corrected chi connectivity index (χ2v) is 5.59. The van der Waals surface area contributed by atoms with Gasteiger partial charge >= 0.3 is 0 Å². The van der Waals surface area contributed by atoms with Gasteiger partial charge in [0.05, 0.1) is 5.25 Å². The zero-order valence-corrected chi connectivity index (χ0v) is 9.60. The highest BCUT2D eigenvalue weighted by Crippen LogP contribution is 2.20. The van der Waals surface area contributed by atoms with Crippen molar-refractivity contribution in [3.63, 3.8) is 0 Å². The summed E-state index contributed by atoms with van der Waals surface area (Å²) in [6.07, 6.45) is 2.62. The number of aromatic nitrogens is 1. The topological polar surface area (TPSA) is 70.5 Å². The average Bonchev–Trinajstić information content (AvgIpc) is 2.29. The minimum Gasteiger partial charge on any atom is -0.357 e. The Bertz CT molecular complexity index is 439. The number of pyridine rings is 1. The molecule has 1 aliphatic heterocycles. The number of hydrogen-bond donors (Lipinski definition) is 1. The number of hydrogen-bond acceptors (Lipinski definition) is 4. The van der Waals surface area contributed by atoms with Crippen LogP contribution in [0.25, 0.3) is 0 Å². The van der Waals surface area contributed by atoms with Crippen LogP contribution in [0.2, 0.25) is 0 Å². The number of anilines is 1. The second-order valence-electron chi connectivity index (χ2n) is 3.89. The van der Waals surface area contributed by atoms with E-state index in [2.05, 4.69) is 4.98 Å². The van der Waals surface area contributed by atoms with Crippen LogP contribution in [0.5, 0.6) is 0 Å². The van der Waals surface area contributed by atoms with E-state index in [1.165, 1.54) is 0 Å². The molecule has 2 heterocycles. The molecular formula is C11H18N2O3S. The van der Waals surface area contributed by atoms with E-state index in [0.29, 0.717) is 25.9 Å². The van der Waals surface area contributed by atoms with Crippen molar-refractivity contribution >= 4 is 15.9 Å². The van der Waals surface area contributed by atoms with Crippen molar-refractivity contribution in [2.75, 3.05) is 18.0 Å². The summed E-state index contributed by atoms with van der Waals surface area (Å²) in [6, 6.07) is 5.64. The molecule has 1 aliphatic rings. The molecule has 2 rings (SSSR count). The Kier molecular flexibility index (Phi) is 4.47. The lowest BCUT2D eigenvalue weighted by Crippen LogP contribution is -2.39. The molecule has 0 atom stereocenters. The first-order chi connectivity index (χ1) is 7.57. The molecule has 17 heavy (non-hydrogen) atoms. The van der Waals surface area contributed by atoms with E-state index in [9.17, 15) is 8.42 Å². The molecule has 1 fully saturated rings. The summed E-state index contributed by atoms with van der Waals surface area (Å²) in [5.41, 5.74) is 0. The summed E-state index contributed by atoms with van der Waals surface area (Å²) >= 11 is 0. The lowest BCUT2D eigenvalue weighted by atomic mass is 10.1. The third kappa shape index (κ3) is 3.41. The Morgan fingerprint density at radius 1 is 1.29 bits per heavy atom. The molecular weight excluding hydrogens is 240 g/mol. The molecule has 1 aromatic heterocycles. The van der Waals surface area contributed by atoms with Gasteiger partial charge in [-0.05, 0) is 25.0 Å². The molecule has 0 amide bonds.